The van der Waals surface area contributed by atoms with Gasteiger partial charge in [0.05, 0.1) is 27.5 Å². The van der Waals surface area contributed by atoms with Gasteiger partial charge in [0.2, 0.25) is 5.43 Å². The van der Waals surface area contributed by atoms with Gasteiger partial charge in [0.25, 0.3) is 0 Å². The molecular formula is C43H23NO2S2. The van der Waals surface area contributed by atoms with Crippen molar-refractivity contribution < 1.29 is 4.42 Å². The molecule has 0 saturated carbocycles. The van der Waals surface area contributed by atoms with Gasteiger partial charge in [-0.25, -0.2) is 0 Å². The summed E-state index contributed by atoms with van der Waals surface area (Å²) in [6.07, 6.45) is 0. The number of nitrogens with zero attached hydrogens (tertiary/aromatic N) is 1. The Hall–Kier alpha value is -5.62. The zero-order chi connectivity index (χ0) is 31.5. The Morgan fingerprint density at radius 3 is 2.27 bits per heavy atom. The van der Waals surface area contributed by atoms with Crippen LogP contribution in [0.3, 0.4) is 0 Å². The molecule has 0 aliphatic carbocycles. The summed E-state index contributed by atoms with van der Waals surface area (Å²) in [4.78, 5) is 16.0. The molecule has 0 radical (unpaired) electrons. The van der Waals surface area contributed by atoms with Gasteiger partial charge < -0.3 is 8.98 Å². The van der Waals surface area contributed by atoms with E-state index in [1.807, 2.05) is 48.2 Å². The van der Waals surface area contributed by atoms with Crippen molar-refractivity contribution in [3.63, 3.8) is 0 Å². The minimum atomic E-state index is 0.0139. The molecule has 1 aliphatic heterocycles. The van der Waals surface area contributed by atoms with Crippen LogP contribution in [-0.2, 0) is 0 Å². The highest BCUT2D eigenvalue weighted by Gasteiger charge is 2.23. The van der Waals surface area contributed by atoms with E-state index in [1.165, 1.54) is 69.6 Å². The lowest BCUT2D eigenvalue weighted by Crippen LogP contribution is -2.01. The minimum absolute atomic E-state index is 0.0139. The molecule has 11 rings (SSSR count). The van der Waals surface area contributed by atoms with E-state index in [4.69, 9.17) is 4.42 Å². The van der Waals surface area contributed by atoms with E-state index < -0.39 is 0 Å². The fourth-order valence-corrected chi connectivity index (χ4v) is 9.93. The Labute approximate surface area is 282 Å². The number of rotatable bonds is 2. The van der Waals surface area contributed by atoms with Crippen molar-refractivity contribution >= 4 is 87.0 Å². The van der Waals surface area contributed by atoms with Crippen LogP contribution in [0.2, 0.25) is 0 Å². The van der Waals surface area contributed by atoms with Gasteiger partial charge in [-0.1, -0.05) is 90.6 Å². The molecule has 0 saturated heterocycles. The van der Waals surface area contributed by atoms with Gasteiger partial charge in [-0.15, -0.1) is 11.3 Å². The first-order chi connectivity index (χ1) is 23.7. The average molecular weight is 650 g/mol. The molecule has 0 spiro atoms. The van der Waals surface area contributed by atoms with Gasteiger partial charge in [0.1, 0.15) is 11.2 Å². The summed E-state index contributed by atoms with van der Waals surface area (Å²) in [7, 11) is 0. The maximum Gasteiger partial charge on any atom is 0.200 e. The average Bonchev–Trinajstić information content (AvgIpc) is 3.67. The molecule has 0 amide bonds. The van der Waals surface area contributed by atoms with Crippen LogP contribution in [0.15, 0.2) is 159 Å². The first kappa shape index (κ1) is 26.4. The van der Waals surface area contributed by atoms with Crippen molar-refractivity contribution in [2.75, 3.05) is 0 Å². The van der Waals surface area contributed by atoms with Crippen LogP contribution in [0.5, 0.6) is 0 Å². The molecule has 0 fully saturated rings. The fraction of sp³-hybridized carbons (Fsp3) is 0. The van der Waals surface area contributed by atoms with E-state index in [0.29, 0.717) is 21.9 Å². The molecule has 10 aromatic rings. The van der Waals surface area contributed by atoms with Crippen LogP contribution in [0.25, 0.3) is 91.9 Å². The fourth-order valence-electron chi connectivity index (χ4n) is 7.58. The zero-order valence-electron chi connectivity index (χ0n) is 25.4. The highest BCUT2D eigenvalue weighted by atomic mass is 32.2. The van der Waals surface area contributed by atoms with E-state index >= 15 is 0 Å². The monoisotopic (exact) mass is 649 g/mol. The third-order valence-corrected chi connectivity index (χ3v) is 12.1. The summed E-state index contributed by atoms with van der Waals surface area (Å²) >= 11 is 3.59. The largest absolute Gasteiger partial charge is 0.456 e. The molecule has 3 nitrogen and oxygen atoms in total. The van der Waals surface area contributed by atoms with Gasteiger partial charge in [-0.05, 0) is 82.9 Å². The molecule has 0 atom stereocenters. The molecule has 0 N–H and O–H groups in total. The van der Waals surface area contributed by atoms with E-state index in [1.54, 1.807) is 11.3 Å². The second-order valence-corrected chi connectivity index (χ2v) is 14.6. The first-order valence-electron chi connectivity index (χ1n) is 16.0. The number of hydrogen-bond donors (Lipinski definition) is 0. The molecule has 5 heteroatoms. The number of aromatic nitrogens is 1. The van der Waals surface area contributed by atoms with Crippen LogP contribution < -0.4 is 5.43 Å². The lowest BCUT2D eigenvalue weighted by molar-refractivity contribution is 0.660. The van der Waals surface area contributed by atoms with Gasteiger partial charge in [-0.3, -0.25) is 4.79 Å². The van der Waals surface area contributed by atoms with Crippen molar-refractivity contribution in [2.24, 2.45) is 0 Å². The summed E-state index contributed by atoms with van der Waals surface area (Å²) in [5, 5.41) is 6.06. The molecule has 224 valence electrons. The van der Waals surface area contributed by atoms with E-state index in [2.05, 4.69) is 108 Å². The lowest BCUT2D eigenvalue weighted by Gasteiger charge is -2.19. The molecule has 1 aliphatic rings. The SMILES string of the molecule is O=c1c2ccccc2oc2cc3c(cc12)sc1c(-c2cccc(-c4ccc5c(c4)c4cccc6c4n5-c4ccccc4S6)c2)cccc13. The quantitative estimate of drug-likeness (QED) is 0.175. The second-order valence-electron chi connectivity index (χ2n) is 12.4. The minimum Gasteiger partial charge on any atom is -0.456 e. The molecule has 7 aromatic carbocycles. The van der Waals surface area contributed by atoms with E-state index in [9.17, 15) is 4.79 Å². The van der Waals surface area contributed by atoms with Crippen molar-refractivity contribution in [3.8, 4) is 27.9 Å². The molecule has 48 heavy (non-hydrogen) atoms. The maximum absolute atomic E-state index is 13.4. The number of para-hydroxylation sites is 3. The first-order valence-corrected chi connectivity index (χ1v) is 17.6. The van der Waals surface area contributed by atoms with Crippen LogP contribution in [0, 0.1) is 0 Å². The highest BCUT2D eigenvalue weighted by Crippen LogP contribution is 2.47. The zero-order valence-corrected chi connectivity index (χ0v) is 27.0. The normalized spacial score (nSPS) is 12.6. The summed E-state index contributed by atoms with van der Waals surface area (Å²) in [6.45, 7) is 0. The number of thiophene rings is 1. The van der Waals surface area contributed by atoms with Crippen LogP contribution in [-0.4, -0.2) is 4.57 Å². The molecule has 0 unspecified atom stereocenters. The molecule has 0 bridgehead atoms. The smallest absolute Gasteiger partial charge is 0.200 e. The lowest BCUT2D eigenvalue weighted by atomic mass is 9.97. The van der Waals surface area contributed by atoms with Crippen molar-refractivity contribution in [1.82, 2.24) is 4.57 Å². The van der Waals surface area contributed by atoms with Gasteiger partial charge in [0.15, 0.2) is 0 Å². The highest BCUT2D eigenvalue weighted by molar-refractivity contribution is 7.99. The Bertz CT molecular complexity index is 3070. The van der Waals surface area contributed by atoms with Crippen LogP contribution in [0.4, 0.5) is 0 Å². The third-order valence-electron chi connectivity index (χ3n) is 9.78. The number of fused-ring (bicyclic) bond motifs is 10. The van der Waals surface area contributed by atoms with Crippen molar-refractivity contribution in [3.05, 3.63) is 150 Å². The van der Waals surface area contributed by atoms with Gasteiger partial charge in [-0.2, -0.15) is 0 Å². The molecule has 3 aromatic heterocycles. The second kappa shape index (κ2) is 9.71. The Morgan fingerprint density at radius 1 is 0.521 bits per heavy atom. The maximum atomic E-state index is 13.4. The molecular weight excluding hydrogens is 627 g/mol. The van der Waals surface area contributed by atoms with E-state index in [-0.39, 0.29) is 5.43 Å². The standard InChI is InChI=1S/C43H23NO2S2/c45-42-30-10-1-3-15-36(30)46-37-22-32-29-13-6-11-27(43(29)48-40(32)23-33(37)42)26-9-5-8-24(20-26)25-18-19-34-31(21-25)28-12-7-17-39-41(28)44(34)35-14-2-4-16-38(35)47-39/h1-23H. The predicted octanol–water partition coefficient (Wildman–Crippen LogP) is 12.2. The molecule has 4 heterocycles. The summed E-state index contributed by atoms with van der Waals surface area (Å²) in [5.74, 6) is 0. The Kier molecular flexibility index (Phi) is 5.35. The number of hydrogen-bond acceptors (Lipinski definition) is 4. The summed E-state index contributed by atoms with van der Waals surface area (Å²) in [6, 6.07) is 49.2. The number of benzene rings is 7. The van der Waals surface area contributed by atoms with Crippen LogP contribution >= 0.6 is 23.1 Å². The van der Waals surface area contributed by atoms with Crippen molar-refractivity contribution in [1.29, 1.82) is 0 Å². The van der Waals surface area contributed by atoms with Crippen molar-refractivity contribution in [2.45, 2.75) is 9.79 Å². The van der Waals surface area contributed by atoms with Gasteiger partial charge >= 0.3 is 0 Å². The topological polar surface area (TPSA) is 35.1 Å². The third kappa shape index (κ3) is 3.63. The van der Waals surface area contributed by atoms with Crippen LogP contribution in [0.1, 0.15) is 0 Å². The Balaban J connectivity index is 1.08. The summed E-state index contributed by atoms with van der Waals surface area (Å²) < 4.78 is 11.0. The van der Waals surface area contributed by atoms with E-state index in [0.717, 1.165) is 10.1 Å². The van der Waals surface area contributed by atoms with Gasteiger partial charge in [0, 0.05) is 40.7 Å². The Morgan fingerprint density at radius 2 is 1.29 bits per heavy atom. The summed E-state index contributed by atoms with van der Waals surface area (Å²) in [5.41, 5.74) is 9.75. The predicted molar refractivity (Wildman–Crippen MR) is 202 cm³/mol.